The summed E-state index contributed by atoms with van der Waals surface area (Å²) in [5.74, 6) is 1.94. The van der Waals surface area contributed by atoms with Gasteiger partial charge in [0, 0.05) is 31.4 Å². The first-order chi connectivity index (χ1) is 12.2. The Morgan fingerprint density at radius 1 is 1.24 bits per heavy atom. The Balaban J connectivity index is 1.79. The van der Waals surface area contributed by atoms with E-state index in [2.05, 4.69) is 9.97 Å². The summed E-state index contributed by atoms with van der Waals surface area (Å²) in [6.07, 6.45) is 5.11. The van der Waals surface area contributed by atoms with Gasteiger partial charge in [-0.3, -0.25) is 9.78 Å². The molecule has 2 N–H and O–H groups in total. The molecular weight excluding hydrogens is 320 g/mol. The van der Waals surface area contributed by atoms with Crippen LogP contribution in [0.15, 0.2) is 36.7 Å². The SMILES string of the molecule is COc1ccc(Oc2nccnc2[C@H]2CCCN(C(=O)CN)C2)cc1. The molecule has 3 rings (SSSR count). The smallest absolute Gasteiger partial charge is 0.241 e. The van der Waals surface area contributed by atoms with Crippen molar-refractivity contribution in [3.05, 3.63) is 42.4 Å². The van der Waals surface area contributed by atoms with Crippen LogP contribution < -0.4 is 15.2 Å². The molecule has 0 spiro atoms. The van der Waals surface area contributed by atoms with Gasteiger partial charge in [-0.05, 0) is 37.1 Å². The lowest BCUT2D eigenvalue weighted by molar-refractivity contribution is -0.130. The molecule has 25 heavy (non-hydrogen) atoms. The van der Waals surface area contributed by atoms with Crippen molar-refractivity contribution in [2.75, 3.05) is 26.7 Å². The fourth-order valence-corrected chi connectivity index (χ4v) is 3.01. The zero-order chi connectivity index (χ0) is 17.6. The highest BCUT2D eigenvalue weighted by molar-refractivity contribution is 5.78. The molecule has 1 aliphatic heterocycles. The van der Waals surface area contributed by atoms with Crippen molar-refractivity contribution in [1.29, 1.82) is 0 Å². The Kier molecular flexibility index (Phi) is 5.45. The number of nitrogens with zero attached hydrogens (tertiary/aromatic N) is 3. The second-order valence-electron chi connectivity index (χ2n) is 5.91. The topological polar surface area (TPSA) is 90.6 Å². The van der Waals surface area contributed by atoms with Gasteiger partial charge in [0.25, 0.3) is 0 Å². The first-order valence-electron chi connectivity index (χ1n) is 8.32. The normalized spacial score (nSPS) is 17.2. The lowest BCUT2D eigenvalue weighted by atomic mass is 9.94. The molecule has 7 heteroatoms. The molecule has 132 valence electrons. The number of amides is 1. The van der Waals surface area contributed by atoms with Gasteiger partial charge < -0.3 is 20.1 Å². The Bertz CT molecular complexity index is 721. The minimum absolute atomic E-state index is 0.0302. The summed E-state index contributed by atoms with van der Waals surface area (Å²) in [5.41, 5.74) is 6.26. The number of piperidine rings is 1. The number of benzene rings is 1. The highest BCUT2D eigenvalue weighted by atomic mass is 16.5. The first kappa shape index (κ1) is 17.2. The maximum absolute atomic E-state index is 11.9. The van der Waals surface area contributed by atoms with E-state index in [9.17, 15) is 4.79 Å². The van der Waals surface area contributed by atoms with Crippen molar-refractivity contribution in [1.82, 2.24) is 14.9 Å². The lowest BCUT2D eigenvalue weighted by Gasteiger charge is -2.32. The molecule has 0 bridgehead atoms. The molecule has 7 nitrogen and oxygen atoms in total. The number of carbonyl (C=O) groups is 1. The second-order valence-corrected chi connectivity index (χ2v) is 5.91. The third kappa shape index (κ3) is 4.06. The largest absolute Gasteiger partial charge is 0.497 e. The minimum atomic E-state index is -0.0359. The highest BCUT2D eigenvalue weighted by Gasteiger charge is 2.27. The van der Waals surface area contributed by atoms with E-state index in [1.54, 1.807) is 24.4 Å². The van der Waals surface area contributed by atoms with E-state index in [4.69, 9.17) is 15.2 Å². The lowest BCUT2D eigenvalue weighted by Crippen LogP contribution is -2.42. The first-order valence-corrected chi connectivity index (χ1v) is 8.32. The molecule has 1 saturated heterocycles. The van der Waals surface area contributed by atoms with Crippen LogP contribution in [0.1, 0.15) is 24.5 Å². The van der Waals surface area contributed by atoms with Crippen molar-refractivity contribution in [2.45, 2.75) is 18.8 Å². The van der Waals surface area contributed by atoms with Crippen molar-refractivity contribution in [3.63, 3.8) is 0 Å². The summed E-state index contributed by atoms with van der Waals surface area (Å²) in [7, 11) is 1.62. The Morgan fingerprint density at radius 2 is 1.96 bits per heavy atom. The minimum Gasteiger partial charge on any atom is -0.497 e. The standard InChI is InChI=1S/C18H22N4O3/c1-24-14-4-6-15(7-5-14)25-18-17(20-8-9-21-18)13-3-2-10-22(12-13)16(23)11-19/h4-9,13H,2-3,10-12,19H2,1H3/t13-/m0/s1. The third-order valence-electron chi connectivity index (χ3n) is 4.30. The molecule has 1 aliphatic rings. The molecule has 1 aromatic carbocycles. The van der Waals surface area contributed by atoms with E-state index in [1.807, 2.05) is 24.3 Å². The van der Waals surface area contributed by atoms with Crippen LogP contribution in [0.25, 0.3) is 0 Å². The number of nitrogens with two attached hydrogens (primary N) is 1. The maximum Gasteiger partial charge on any atom is 0.241 e. The molecule has 2 heterocycles. The van der Waals surface area contributed by atoms with Crippen LogP contribution in [0.5, 0.6) is 17.4 Å². The molecule has 0 unspecified atom stereocenters. The number of carbonyl (C=O) groups excluding carboxylic acids is 1. The van der Waals surface area contributed by atoms with Crippen LogP contribution in [0.3, 0.4) is 0 Å². The zero-order valence-electron chi connectivity index (χ0n) is 14.2. The van der Waals surface area contributed by atoms with Gasteiger partial charge in [-0.25, -0.2) is 4.98 Å². The quantitative estimate of drug-likeness (QED) is 0.893. The molecule has 1 atom stereocenters. The van der Waals surface area contributed by atoms with Gasteiger partial charge in [0.15, 0.2) is 0 Å². The van der Waals surface area contributed by atoms with Crippen LogP contribution in [0.2, 0.25) is 0 Å². The van der Waals surface area contributed by atoms with Gasteiger partial charge in [0.1, 0.15) is 17.2 Å². The number of rotatable bonds is 5. The van der Waals surface area contributed by atoms with Crippen molar-refractivity contribution in [3.8, 4) is 17.4 Å². The molecule has 2 aromatic rings. The average Bonchev–Trinajstić information content (AvgIpc) is 2.68. The highest BCUT2D eigenvalue weighted by Crippen LogP contribution is 2.32. The van der Waals surface area contributed by atoms with E-state index >= 15 is 0 Å². The Hall–Kier alpha value is -2.67. The predicted molar refractivity (Wildman–Crippen MR) is 92.7 cm³/mol. The van der Waals surface area contributed by atoms with Gasteiger partial charge >= 0.3 is 0 Å². The Labute approximate surface area is 146 Å². The van der Waals surface area contributed by atoms with Gasteiger partial charge in [0.05, 0.1) is 13.7 Å². The summed E-state index contributed by atoms with van der Waals surface area (Å²) in [4.78, 5) is 22.5. The summed E-state index contributed by atoms with van der Waals surface area (Å²) in [6, 6.07) is 7.30. The molecule has 0 saturated carbocycles. The second kappa shape index (κ2) is 7.94. The van der Waals surface area contributed by atoms with E-state index in [0.29, 0.717) is 18.2 Å². The van der Waals surface area contributed by atoms with Gasteiger partial charge in [-0.15, -0.1) is 0 Å². The van der Waals surface area contributed by atoms with Crippen molar-refractivity contribution < 1.29 is 14.3 Å². The summed E-state index contributed by atoms with van der Waals surface area (Å²) in [5, 5.41) is 0. The van der Waals surface area contributed by atoms with Crippen LogP contribution in [0.4, 0.5) is 0 Å². The summed E-state index contributed by atoms with van der Waals surface area (Å²) in [6.45, 7) is 1.36. The van der Waals surface area contributed by atoms with E-state index in [-0.39, 0.29) is 18.4 Å². The number of aromatic nitrogens is 2. The summed E-state index contributed by atoms with van der Waals surface area (Å²) < 4.78 is 11.1. The monoisotopic (exact) mass is 342 g/mol. The van der Waals surface area contributed by atoms with Crippen molar-refractivity contribution >= 4 is 5.91 Å². The molecular formula is C18H22N4O3. The number of hydrogen-bond acceptors (Lipinski definition) is 6. The van der Waals surface area contributed by atoms with Crippen LogP contribution in [0, 0.1) is 0 Å². The summed E-state index contributed by atoms with van der Waals surface area (Å²) >= 11 is 0. The Morgan fingerprint density at radius 3 is 2.68 bits per heavy atom. The fraction of sp³-hybridized carbons (Fsp3) is 0.389. The van der Waals surface area contributed by atoms with E-state index in [1.165, 1.54) is 0 Å². The molecule has 1 amide bonds. The number of hydrogen-bond donors (Lipinski definition) is 1. The predicted octanol–water partition coefficient (Wildman–Crippen LogP) is 1.94. The van der Waals surface area contributed by atoms with Gasteiger partial charge in [0.2, 0.25) is 11.8 Å². The van der Waals surface area contributed by atoms with Crippen molar-refractivity contribution in [2.24, 2.45) is 5.73 Å². The third-order valence-corrected chi connectivity index (χ3v) is 4.30. The number of methoxy groups -OCH3 is 1. The van der Waals surface area contributed by atoms with Gasteiger partial charge in [-0.1, -0.05) is 0 Å². The molecule has 1 aromatic heterocycles. The molecule has 1 fully saturated rings. The number of likely N-dealkylation sites (tertiary alicyclic amines) is 1. The van der Waals surface area contributed by atoms with Gasteiger partial charge in [-0.2, -0.15) is 0 Å². The zero-order valence-corrected chi connectivity index (χ0v) is 14.2. The van der Waals surface area contributed by atoms with E-state index in [0.717, 1.165) is 30.8 Å². The number of ether oxygens (including phenoxy) is 2. The van der Waals surface area contributed by atoms with E-state index < -0.39 is 0 Å². The van der Waals surface area contributed by atoms with Crippen LogP contribution >= 0.6 is 0 Å². The van der Waals surface area contributed by atoms with Crippen LogP contribution in [-0.2, 0) is 4.79 Å². The maximum atomic E-state index is 11.9. The average molecular weight is 342 g/mol. The fourth-order valence-electron chi connectivity index (χ4n) is 3.01. The van der Waals surface area contributed by atoms with Crippen LogP contribution in [-0.4, -0.2) is 47.5 Å². The molecule has 0 radical (unpaired) electrons. The molecule has 0 aliphatic carbocycles.